The van der Waals surface area contributed by atoms with E-state index in [1.807, 2.05) is 53.7 Å². The summed E-state index contributed by atoms with van der Waals surface area (Å²) in [4.78, 5) is 15.3. The molecule has 1 aliphatic heterocycles. The number of anilines is 1. The molecular formula is C24H29NO5S2. The van der Waals surface area contributed by atoms with Crippen LogP contribution in [0.1, 0.15) is 58.2 Å². The van der Waals surface area contributed by atoms with E-state index < -0.39 is 21.9 Å². The molecule has 0 fully saturated rings. The molecule has 0 atom stereocenters. The first-order valence-corrected chi connectivity index (χ1v) is 12.6. The van der Waals surface area contributed by atoms with E-state index in [4.69, 9.17) is 0 Å². The number of nitrogens with zero attached hydrogens (tertiary/aromatic N) is 1. The molecule has 172 valence electrons. The average molecular weight is 476 g/mol. The maximum absolute atomic E-state index is 13.2. The first kappa shape index (κ1) is 24.4. The molecule has 0 aliphatic carbocycles. The third-order valence-corrected chi connectivity index (χ3v) is 6.83. The summed E-state index contributed by atoms with van der Waals surface area (Å²) in [6.07, 6.45) is 1.71. The largest absolute Gasteiger partial charge is 0.507 e. The third kappa shape index (κ3) is 5.19. The van der Waals surface area contributed by atoms with Gasteiger partial charge in [0.2, 0.25) is 0 Å². The van der Waals surface area contributed by atoms with Crippen LogP contribution in [0.5, 0.6) is 5.75 Å². The van der Waals surface area contributed by atoms with E-state index in [0.29, 0.717) is 15.5 Å². The van der Waals surface area contributed by atoms with Crippen LogP contribution in [0, 0.1) is 0 Å². The number of hydrogen-bond acceptors (Lipinski definition) is 5. The minimum Gasteiger partial charge on any atom is -0.507 e. The van der Waals surface area contributed by atoms with Gasteiger partial charge in [0.25, 0.3) is 16.0 Å². The Balaban J connectivity index is 2.18. The Bertz CT molecular complexity index is 1170. The topological polar surface area (TPSA) is 94.9 Å². The van der Waals surface area contributed by atoms with Crippen molar-refractivity contribution in [2.24, 2.45) is 0 Å². The number of benzene rings is 2. The fourth-order valence-electron chi connectivity index (χ4n) is 3.59. The molecule has 0 bridgehead atoms. The molecule has 0 saturated heterocycles. The number of phenolic OH excluding ortho intramolecular Hbond substituents is 1. The van der Waals surface area contributed by atoms with E-state index in [2.05, 4.69) is 0 Å². The molecule has 0 spiro atoms. The zero-order chi connectivity index (χ0) is 24.1. The lowest BCUT2D eigenvalue weighted by atomic mass is 9.78. The van der Waals surface area contributed by atoms with Gasteiger partial charge in [0.1, 0.15) is 5.75 Å². The Morgan fingerprint density at radius 1 is 1.00 bits per heavy atom. The highest BCUT2D eigenvalue weighted by Crippen LogP contribution is 2.44. The first-order chi connectivity index (χ1) is 14.6. The highest BCUT2D eigenvalue weighted by atomic mass is 32.2. The lowest BCUT2D eigenvalue weighted by Crippen LogP contribution is -2.38. The van der Waals surface area contributed by atoms with Crippen molar-refractivity contribution in [3.8, 4) is 5.75 Å². The van der Waals surface area contributed by atoms with Gasteiger partial charge in [-0.2, -0.15) is 8.42 Å². The summed E-state index contributed by atoms with van der Waals surface area (Å²) in [5.74, 6) is -1.08. The number of amides is 1. The molecular weight excluding hydrogens is 446 g/mol. The molecule has 0 aromatic heterocycles. The Kier molecular flexibility index (Phi) is 6.27. The van der Waals surface area contributed by atoms with Gasteiger partial charge in [-0.3, -0.25) is 14.2 Å². The number of rotatable bonds is 3. The quantitative estimate of drug-likeness (QED) is 0.461. The molecule has 6 nitrogen and oxygen atoms in total. The van der Waals surface area contributed by atoms with E-state index in [1.165, 1.54) is 11.8 Å². The molecule has 1 aliphatic rings. The summed E-state index contributed by atoms with van der Waals surface area (Å²) in [5.41, 5.74) is 2.05. The van der Waals surface area contributed by atoms with Crippen LogP contribution in [0.15, 0.2) is 46.2 Å². The monoisotopic (exact) mass is 475 g/mol. The van der Waals surface area contributed by atoms with Crippen molar-refractivity contribution >= 4 is 39.6 Å². The van der Waals surface area contributed by atoms with Crippen LogP contribution in [0.3, 0.4) is 0 Å². The molecule has 1 heterocycles. The molecule has 2 N–H and O–H groups in total. The van der Waals surface area contributed by atoms with E-state index in [-0.39, 0.29) is 16.6 Å². The number of fused-ring (bicyclic) bond motifs is 1. The first-order valence-electron chi connectivity index (χ1n) is 10.2. The minimum atomic E-state index is -4.42. The van der Waals surface area contributed by atoms with Gasteiger partial charge in [-0.1, -0.05) is 65.4 Å². The number of aromatic hydroxyl groups is 1. The third-order valence-electron chi connectivity index (χ3n) is 5.17. The molecule has 0 radical (unpaired) electrons. The summed E-state index contributed by atoms with van der Waals surface area (Å²) < 4.78 is 32.5. The summed E-state index contributed by atoms with van der Waals surface area (Å²) in [6, 6.07) is 10.7. The van der Waals surface area contributed by atoms with Crippen molar-refractivity contribution in [3.05, 3.63) is 58.0 Å². The molecule has 0 saturated carbocycles. The highest BCUT2D eigenvalue weighted by molar-refractivity contribution is 8.04. The average Bonchev–Trinajstić information content (AvgIpc) is 2.63. The van der Waals surface area contributed by atoms with Crippen LogP contribution in [0.4, 0.5) is 5.69 Å². The minimum absolute atomic E-state index is 0.244. The normalized spacial score (nSPS) is 16.4. The number of phenols is 1. The van der Waals surface area contributed by atoms with Crippen molar-refractivity contribution in [1.82, 2.24) is 0 Å². The van der Waals surface area contributed by atoms with Crippen molar-refractivity contribution in [2.45, 2.75) is 57.3 Å². The van der Waals surface area contributed by atoms with Gasteiger partial charge in [-0.05, 0) is 46.7 Å². The Hall–Kier alpha value is -2.29. The maximum Gasteiger partial charge on any atom is 0.283 e. The van der Waals surface area contributed by atoms with Gasteiger partial charge in [0.15, 0.2) is 5.88 Å². The van der Waals surface area contributed by atoms with E-state index >= 15 is 0 Å². The van der Waals surface area contributed by atoms with Crippen LogP contribution in [0.25, 0.3) is 6.08 Å². The van der Waals surface area contributed by atoms with Crippen molar-refractivity contribution in [2.75, 3.05) is 10.8 Å². The molecule has 32 heavy (non-hydrogen) atoms. The van der Waals surface area contributed by atoms with Crippen molar-refractivity contribution < 1.29 is 22.9 Å². The smallest absolute Gasteiger partial charge is 0.283 e. The van der Waals surface area contributed by atoms with Gasteiger partial charge in [-0.25, -0.2) is 0 Å². The Morgan fingerprint density at radius 3 is 2.03 bits per heavy atom. The van der Waals surface area contributed by atoms with Gasteiger partial charge >= 0.3 is 0 Å². The molecule has 2 aromatic rings. The zero-order valence-corrected chi connectivity index (χ0v) is 20.8. The maximum atomic E-state index is 13.2. The fraction of sp³-hybridized carbons (Fsp3) is 0.375. The number of thioether (sulfide) groups is 1. The molecule has 3 rings (SSSR count). The van der Waals surface area contributed by atoms with Crippen molar-refractivity contribution in [3.63, 3.8) is 0 Å². The lowest BCUT2D eigenvalue weighted by molar-refractivity contribution is -0.114. The second kappa shape index (κ2) is 8.24. The summed E-state index contributed by atoms with van der Waals surface area (Å²) in [6.45, 7) is 12.1. The predicted octanol–water partition coefficient (Wildman–Crippen LogP) is 5.31. The Morgan fingerprint density at radius 2 is 1.53 bits per heavy atom. The van der Waals surface area contributed by atoms with Gasteiger partial charge in [-0.15, -0.1) is 0 Å². The van der Waals surface area contributed by atoms with Gasteiger partial charge in [0, 0.05) is 16.0 Å². The van der Waals surface area contributed by atoms with Crippen LogP contribution < -0.4 is 4.90 Å². The summed E-state index contributed by atoms with van der Waals surface area (Å²) >= 11 is 1.25. The molecule has 1 amide bonds. The van der Waals surface area contributed by atoms with Crippen LogP contribution in [-0.4, -0.2) is 29.9 Å². The van der Waals surface area contributed by atoms with Crippen molar-refractivity contribution in [1.29, 1.82) is 0 Å². The van der Waals surface area contributed by atoms with E-state index in [9.17, 15) is 22.9 Å². The number of carbonyl (C=O) groups excluding carboxylic acids is 1. The zero-order valence-electron chi connectivity index (χ0n) is 19.1. The molecule has 2 aromatic carbocycles. The van der Waals surface area contributed by atoms with Crippen LogP contribution in [-0.2, 0) is 25.7 Å². The number of hydrogen-bond donors (Lipinski definition) is 2. The Labute approximate surface area is 194 Å². The standard InChI is InChI=1S/C24H29NO5S2/c1-23(2,3)16-11-15(12-17(21(16)26)24(4,5)6)13-20-22(27)25(14-32(28,29)30)18-9-7-8-10-19(18)31-20/h7-13,26H,14H2,1-6H3,(H,28,29,30). The van der Waals surface area contributed by atoms with E-state index in [0.717, 1.165) is 21.6 Å². The van der Waals surface area contributed by atoms with E-state index in [1.54, 1.807) is 30.3 Å². The molecule has 8 heteroatoms. The fourth-order valence-corrected chi connectivity index (χ4v) is 5.23. The second-order valence-electron chi connectivity index (χ2n) is 9.99. The van der Waals surface area contributed by atoms with Crippen LogP contribution >= 0.6 is 11.8 Å². The molecule has 0 unspecified atom stereocenters. The summed E-state index contributed by atoms with van der Waals surface area (Å²) in [5, 5.41) is 10.9. The van der Waals surface area contributed by atoms with Crippen LogP contribution in [0.2, 0.25) is 0 Å². The number of carbonyl (C=O) groups is 1. The second-order valence-corrected chi connectivity index (χ2v) is 12.5. The van der Waals surface area contributed by atoms with Gasteiger partial charge in [0.05, 0.1) is 10.6 Å². The SMILES string of the molecule is CC(C)(C)c1cc(C=C2Sc3ccccc3N(CS(=O)(=O)O)C2=O)cc(C(C)(C)C)c1O. The highest BCUT2D eigenvalue weighted by Gasteiger charge is 2.32. The van der Waals surface area contributed by atoms with Gasteiger partial charge < -0.3 is 5.11 Å². The predicted molar refractivity (Wildman–Crippen MR) is 130 cm³/mol. The number of para-hydroxylation sites is 1. The lowest BCUT2D eigenvalue weighted by Gasteiger charge is -2.30. The summed E-state index contributed by atoms with van der Waals surface area (Å²) in [7, 11) is -4.42.